The Bertz CT molecular complexity index is 1120. The summed E-state index contributed by atoms with van der Waals surface area (Å²) in [7, 11) is 0. The molecule has 0 radical (unpaired) electrons. The van der Waals surface area contributed by atoms with E-state index in [1.165, 1.54) is 48.7 Å². The lowest BCUT2D eigenvalue weighted by Gasteiger charge is -2.23. The van der Waals surface area contributed by atoms with Gasteiger partial charge in [-0.05, 0) is 38.6 Å². The van der Waals surface area contributed by atoms with Crippen LogP contribution in [0.3, 0.4) is 0 Å². The summed E-state index contributed by atoms with van der Waals surface area (Å²) in [5.74, 6) is 1.02. The predicted molar refractivity (Wildman–Crippen MR) is 92.0 cm³/mol. The highest BCUT2D eigenvalue weighted by Gasteiger charge is 2.21. The zero-order valence-corrected chi connectivity index (χ0v) is 11.9. The Morgan fingerprint density at radius 1 is 0.591 bits per heavy atom. The molecular weight excluding hydrogens is 268 g/mol. The molecular formula is C21H12O. The maximum atomic E-state index is 6.03. The number of rotatable bonds is 0. The van der Waals surface area contributed by atoms with E-state index in [4.69, 9.17) is 4.74 Å². The van der Waals surface area contributed by atoms with Crippen molar-refractivity contribution in [3.8, 4) is 5.75 Å². The topological polar surface area (TPSA) is 9.23 Å². The summed E-state index contributed by atoms with van der Waals surface area (Å²) in [5, 5.41) is 10.7. The summed E-state index contributed by atoms with van der Waals surface area (Å²) in [6, 6.07) is 22.0. The van der Waals surface area contributed by atoms with Crippen LogP contribution in [0.2, 0.25) is 0 Å². The van der Waals surface area contributed by atoms with Crippen LogP contribution in [-0.4, -0.2) is 0 Å². The summed E-state index contributed by atoms with van der Waals surface area (Å²) < 4.78 is 6.03. The van der Waals surface area contributed by atoms with Crippen molar-refractivity contribution in [2.24, 2.45) is 0 Å². The van der Waals surface area contributed by atoms with Gasteiger partial charge in [-0.1, -0.05) is 54.6 Å². The van der Waals surface area contributed by atoms with E-state index in [0.29, 0.717) is 6.61 Å². The van der Waals surface area contributed by atoms with Crippen molar-refractivity contribution in [3.63, 3.8) is 0 Å². The maximum absolute atomic E-state index is 6.03. The zero-order valence-electron chi connectivity index (χ0n) is 11.9. The highest BCUT2D eigenvalue weighted by atomic mass is 16.5. The van der Waals surface area contributed by atoms with E-state index >= 15 is 0 Å². The Morgan fingerprint density at radius 2 is 1.27 bits per heavy atom. The minimum absolute atomic E-state index is 0.667. The molecule has 1 aliphatic rings. The zero-order chi connectivity index (χ0) is 14.3. The lowest BCUT2D eigenvalue weighted by molar-refractivity contribution is 0.308. The minimum Gasteiger partial charge on any atom is -0.488 e. The van der Waals surface area contributed by atoms with Gasteiger partial charge < -0.3 is 4.74 Å². The first-order valence-electron chi connectivity index (χ1n) is 7.66. The average Bonchev–Trinajstić information content (AvgIpc) is 2.59. The monoisotopic (exact) mass is 280 g/mol. The first kappa shape index (κ1) is 10.9. The molecule has 0 aliphatic carbocycles. The molecule has 22 heavy (non-hydrogen) atoms. The highest BCUT2D eigenvalue weighted by Crippen LogP contribution is 2.47. The van der Waals surface area contributed by atoms with Crippen molar-refractivity contribution in [1.82, 2.24) is 0 Å². The molecule has 6 rings (SSSR count). The molecule has 5 aromatic carbocycles. The van der Waals surface area contributed by atoms with Crippen molar-refractivity contribution in [3.05, 3.63) is 66.2 Å². The van der Waals surface area contributed by atoms with Crippen LogP contribution in [0, 0.1) is 0 Å². The fourth-order valence-electron chi connectivity index (χ4n) is 4.16. The van der Waals surface area contributed by atoms with Gasteiger partial charge in [-0.2, -0.15) is 0 Å². The molecule has 1 aliphatic heterocycles. The number of ether oxygens (including phenoxy) is 1. The minimum atomic E-state index is 0.667. The van der Waals surface area contributed by atoms with Gasteiger partial charge >= 0.3 is 0 Å². The standard InChI is InChI=1S/C21H12O/c1-3-12-7-8-14-11-22-17-10-9-13-4-2-6-16-15(5-1)18(12)20(14)21(17)19(13)16/h1-10H,11H2. The van der Waals surface area contributed by atoms with Crippen molar-refractivity contribution in [1.29, 1.82) is 0 Å². The van der Waals surface area contributed by atoms with Crippen molar-refractivity contribution < 1.29 is 4.74 Å². The number of fused-ring (bicyclic) bond motifs is 1. The van der Waals surface area contributed by atoms with E-state index in [-0.39, 0.29) is 0 Å². The first-order valence-corrected chi connectivity index (χ1v) is 7.66. The van der Waals surface area contributed by atoms with Gasteiger partial charge in [-0.15, -0.1) is 0 Å². The second-order valence-corrected chi connectivity index (χ2v) is 6.13. The molecule has 0 aromatic heterocycles. The second kappa shape index (κ2) is 3.50. The van der Waals surface area contributed by atoms with E-state index in [1.807, 2.05) is 0 Å². The predicted octanol–water partition coefficient (Wildman–Crippen LogP) is 5.63. The Hall–Kier alpha value is -2.80. The quantitative estimate of drug-likeness (QED) is 0.264. The molecule has 0 amide bonds. The largest absolute Gasteiger partial charge is 0.488 e. The number of hydrogen-bond acceptors (Lipinski definition) is 1. The van der Waals surface area contributed by atoms with Gasteiger partial charge in [0.15, 0.2) is 0 Å². The first-order chi connectivity index (χ1) is 10.9. The van der Waals surface area contributed by atoms with Crippen LogP contribution in [0.1, 0.15) is 5.56 Å². The van der Waals surface area contributed by atoms with Crippen molar-refractivity contribution in [2.45, 2.75) is 6.61 Å². The Kier molecular flexibility index (Phi) is 1.73. The molecule has 0 N–H and O–H groups in total. The molecule has 0 atom stereocenters. The van der Waals surface area contributed by atoms with Crippen LogP contribution in [0.15, 0.2) is 60.7 Å². The van der Waals surface area contributed by atoms with Gasteiger partial charge in [0.05, 0.1) is 0 Å². The fraction of sp³-hybridized carbons (Fsp3) is 0.0476. The maximum Gasteiger partial charge on any atom is 0.128 e. The third-order valence-electron chi connectivity index (χ3n) is 5.06. The van der Waals surface area contributed by atoms with Crippen molar-refractivity contribution >= 4 is 43.1 Å². The molecule has 1 heteroatoms. The van der Waals surface area contributed by atoms with Gasteiger partial charge in [0.25, 0.3) is 0 Å². The summed E-state index contributed by atoms with van der Waals surface area (Å²) in [6.07, 6.45) is 0. The molecule has 0 fully saturated rings. The summed E-state index contributed by atoms with van der Waals surface area (Å²) >= 11 is 0. The Labute approximate surface area is 127 Å². The van der Waals surface area contributed by atoms with Crippen LogP contribution in [-0.2, 0) is 6.61 Å². The van der Waals surface area contributed by atoms with Crippen LogP contribution >= 0.6 is 0 Å². The molecule has 0 saturated heterocycles. The van der Waals surface area contributed by atoms with Gasteiger partial charge in [0.1, 0.15) is 12.4 Å². The van der Waals surface area contributed by atoms with E-state index < -0.39 is 0 Å². The highest BCUT2D eigenvalue weighted by molar-refractivity contribution is 6.34. The van der Waals surface area contributed by atoms with E-state index in [2.05, 4.69) is 60.7 Å². The molecule has 102 valence electrons. The average molecular weight is 280 g/mol. The third kappa shape index (κ3) is 1.10. The Balaban J connectivity index is 2.16. The molecule has 0 spiro atoms. The van der Waals surface area contributed by atoms with E-state index in [9.17, 15) is 0 Å². The number of benzene rings is 5. The molecule has 0 unspecified atom stereocenters. The smallest absolute Gasteiger partial charge is 0.128 e. The van der Waals surface area contributed by atoms with E-state index in [0.717, 1.165) is 5.75 Å². The van der Waals surface area contributed by atoms with Crippen LogP contribution in [0.25, 0.3) is 43.1 Å². The summed E-state index contributed by atoms with van der Waals surface area (Å²) in [5.41, 5.74) is 1.30. The fourth-order valence-corrected chi connectivity index (χ4v) is 4.16. The van der Waals surface area contributed by atoms with Gasteiger partial charge in [0.2, 0.25) is 0 Å². The van der Waals surface area contributed by atoms with Gasteiger partial charge in [0, 0.05) is 16.2 Å². The van der Waals surface area contributed by atoms with Gasteiger partial charge in [-0.3, -0.25) is 0 Å². The third-order valence-corrected chi connectivity index (χ3v) is 5.06. The van der Waals surface area contributed by atoms with Crippen LogP contribution in [0.4, 0.5) is 0 Å². The Morgan fingerprint density at radius 3 is 2.05 bits per heavy atom. The molecule has 1 heterocycles. The molecule has 0 bridgehead atoms. The lowest BCUT2D eigenvalue weighted by Crippen LogP contribution is -2.04. The normalized spacial score (nSPS) is 13.6. The van der Waals surface area contributed by atoms with Gasteiger partial charge in [-0.25, -0.2) is 0 Å². The summed E-state index contributed by atoms with van der Waals surface area (Å²) in [4.78, 5) is 0. The SMILES string of the molecule is c1cc2ccc3c4c5c(ccc6cccc(c(c1)c24)c65)OC3. The number of hydrogen-bond donors (Lipinski definition) is 0. The summed E-state index contributed by atoms with van der Waals surface area (Å²) in [6.45, 7) is 0.667. The molecule has 1 nitrogen and oxygen atoms in total. The molecule has 0 saturated carbocycles. The van der Waals surface area contributed by atoms with Crippen molar-refractivity contribution in [2.75, 3.05) is 0 Å². The van der Waals surface area contributed by atoms with E-state index in [1.54, 1.807) is 0 Å². The van der Waals surface area contributed by atoms with Crippen LogP contribution < -0.4 is 4.74 Å². The van der Waals surface area contributed by atoms with Crippen LogP contribution in [0.5, 0.6) is 5.75 Å². The molecule has 5 aromatic rings. The lowest BCUT2D eigenvalue weighted by atomic mass is 9.86. The second-order valence-electron chi connectivity index (χ2n) is 6.13.